The zero-order valence-electron chi connectivity index (χ0n) is 15.8. The Morgan fingerprint density at radius 2 is 1.67 bits per heavy atom. The summed E-state index contributed by atoms with van der Waals surface area (Å²) in [5.74, 6) is 0.688. The van der Waals surface area contributed by atoms with Gasteiger partial charge in [-0.15, -0.1) is 24.8 Å². The molecule has 0 fully saturated rings. The molecule has 1 unspecified atom stereocenters. The molecular formula is C20H29Cl2N3O2. The first-order valence-corrected chi connectivity index (χ1v) is 8.48. The Bertz CT molecular complexity index is 652. The number of likely N-dealkylation sites (N-methyl/N-ethyl adjacent to an activating group) is 1. The molecule has 0 aliphatic carbocycles. The number of nitrogens with one attached hydrogen (secondary N) is 1. The summed E-state index contributed by atoms with van der Waals surface area (Å²) in [4.78, 5) is 14.2. The van der Waals surface area contributed by atoms with E-state index in [9.17, 15) is 4.79 Å². The minimum Gasteiger partial charge on any atom is -0.492 e. The first kappa shape index (κ1) is 25.2. The molecule has 2 aromatic rings. The van der Waals surface area contributed by atoms with Gasteiger partial charge in [0, 0.05) is 13.1 Å². The van der Waals surface area contributed by atoms with Crippen LogP contribution in [0.2, 0.25) is 0 Å². The van der Waals surface area contributed by atoms with Crippen molar-refractivity contribution in [3.8, 4) is 5.75 Å². The number of rotatable bonds is 9. The maximum absolute atomic E-state index is 12.1. The summed E-state index contributed by atoms with van der Waals surface area (Å²) in [7, 11) is 4.02. The maximum atomic E-state index is 12.1. The van der Waals surface area contributed by atoms with E-state index in [0.29, 0.717) is 19.6 Å². The molecule has 27 heavy (non-hydrogen) atoms. The van der Waals surface area contributed by atoms with Gasteiger partial charge in [0.05, 0.1) is 6.04 Å². The van der Waals surface area contributed by atoms with Crippen molar-refractivity contribution in [3.05, 3.63) is 65.7 Å². The normalized spacial score (nSPS) is 11.1. The zero-order chi connectivity index (χ0) is 18.1. The number of hydrogen-bond donors (Lipinski definition) is 2. The number of nitrogens with two attached hydrogens (primary N) is 1. The smallest absolute Gasteiger partial charge is 0.237 e. The second-order valence-corrected chi connectivity index (χ2v) is 6.31. The molecular weight excluding hydrogens is 385 g/mol. The van der Waals surface area contributed by atoms with Gasteiger partial charge < -0.3 is 20.7 Å². The highest BCUT2D eigenvalue weighted by Crippen LogP contribution is 2.12. The number of nitrogens with zero attached hydrogens (tertiary/aromatic N) is 1. The Balaban J connectivity index is 0.00000338. The summed E-state index contributed by atoms with van der Waals surface area (Å²) in [6, 6.07) is 17.0. The highest BCUT2D eigenvalue weighted by molar-refractivity contribution is 5.85. The van der Waals surface area contributed by atoms with Gasteiger partial charge in [-0.3, -0.25) is 4.79 Å². The molecule has 0 aromatic heterocycles. The van der Waals surface area contributed by atoms with Crippen LogP contribution in [0.15, 0.2) is 54.6 Å². The lowest BCUT2D eigenvalue weighted by Gasteiger charge is -2.13. The second-order valence-electron chi connectivity index (χ2n) is 6.31. The van der Waals surface area contributed by atoms with Crippen LogP contribution in [0, 0.1) is 0 Å². The van der Waals surface area contributed by atoms with Gasteiger partial charge in [-0.25, -0.2) is 0 Å². The van der Waals surface area contributed by atoms with E-state index in [0.717, 1.165) is 23.4 Å². The Kier molecular flexibility index (Phi) is 12.5. The second kappa shape index (κ2) is 13.4. The number of benzene rings is 2. The van der Waals surface area contributed by atoms with Crippen molar-refractivity contribution in [1.82, 2.24) is 10.2 Å². The van der Waals surface area contributed by atoms with Crippen molar-refractivity contribution in [2.24, 2.45) is 5.73 Å². The van der Waals surface area contributed by atoms with E-state index in [1.165, 1.54) is 0 Å². The lowest BCUT2D eigenvalue weighted by atomic mass is 10.1. The third-order valence-electron chi connectivity index (χ3n) is 3.83. The molecule has 7 heteroatoms. The van der Waals surface area contributed by atoms with E-state index in [1.807, 2.05) is 68.7 Å². The van der Waals surface area contributed by atoms with Crippen molar-refractivity contribution in [2.75, 3.05) is 27.2 Å². The van der Waals surface area contributed by atoms with Crippen LogP contribution >= 0.6 is 24.8 Å². The quantitative estimate of drug-likeness (QED) is 0.662. The molecule has 150 valence electrons. The predicted octanol–water partition coefficient (Wildman–Crippen LogP) is 2.66. The summed E-state index contributed by atoms with van der Waals surface area (Å²) < 4.78 is 5.65. The predicted molar refractivity (Wildman–Crippen MR) is 115 cm³/mol. The number of halogens is 2. The Labute approximate surface area is 174 Å². The Morgan fingerprint density at radius 1 is 1.04 bits per heavy atom. The van der Waals surface area contributed by atoms with Crippen molar-refractivity contribution in [1.29, 1.82) is 0 Å². The van der Waals surface area contributed by atoms with Crippen molar-refractivity contribution >= 4 is 30.7 Å². The van der Waals surface area contributed by atoms with Gasteiger partial charge in [-0.05, 0) is 43.8 Å². The molecule has 0 aliphatic heterocycles. The third kappa shape index (κ3) is 9.63. The fraction of sp³-hybridized carbons (Fsp3) is 0.350. The first-order chi connectivity index (χ1) is 12.0. The van der Waals surface area contributed by atoms with Crippen molar-refractivity contribution in [3.63, 3.8) is 0 Å². The molecule has 0 saturated carbocycles. The molecule has 0 heterocycles. The van der Waals surface area contributed by atoms with E-state index in [-0.39, 0.29) is 30.7 Å². The molecule has 0 aliphatic rings. The summed E-state index contributed by atoms with van der Waals surface area (Å²) in [6.07, 6.45) is 0.533. The number of ether oxygens (including phenoxy) is 1. The van der Waals surface area contributed by atoms with E-state index < -0.39 is 6.04 Å². The largest absolute Gasteiger partial charge is 0.492 e. The lowest BCUT2D eigenvalue weighted by molar-refractivity contribution is -0.122. The van der Waals surface area contributed by atoms with Crippen LogP contribution in [0.4, 0.5) is 0 Å². The molecule has 2 aromatic carbocycles. The highest BCUT2D eigenvalue weighted by atomic mass is 35.5. The van der Waals surface area contributed by atoms with Crippen molar-refractivity contribution < 1.29 is 9.53 Å². The first-order valence-electron chi connectivity index (χ1n) is 8.48. The average molecular weight is 414 g/mol. The maximum Gasteiger partial charge on any atom is 0.237 e. The minimum absolute atomic E-state index is 0. The molecule has 1 amide bonds. The van der Waals surface area contributed by atoms with E-state index in [1.54, 1.807) is 0 Å². The minimum atomic E-state index is -0.545. The lowest BCUT2D eigenvalue weighted by Crippen LogP contribution is -2.41. The SMILES string of the molecule is CN(C)CCOc1ccc(CNC(=O)C(N)Cc2ccccc2)cc1.Cl.Cl. The topological polar surface area (TPSA) is 67.6 Å². The van der Waals surface area contributed by atoms with Gasteiger partial charge in [-0.2, -0.15) is 0 Å². The van der Waals surface area contributed by atoms with Gasteiger partial charge in [0.2, 0.25) is 5.91 Å². The Morgan fingerprint density at radius 3 is 2.26 bits per heavy atom. The molecule has 0 radical (unpaired) electrons. The van der Waals surface area contributed by atoms with Crippen LogP contribution in [0.25, 0.3) is 0 Å². The third-order valence-corrected chi connectivity index (χ3v) is 3.83. The zero-order valence-corrected chi connectivity index (χ0v) is 17.4. The van der Waals surface area contributed by atoms with Gasteiger partial charge >= 0.3 is 0 Å². The standard InChI is InChI=1S/C20H27N3O2.2ClH/c1-23(2)12-13-25-18-10-8-17(9-11-18)15-22-20(24)19(21)14-16-6-4-3-5-7-16;;/h3-11,19H,12-15,21H2,1-2H3,(H,22,24);2*1H. The van der Waals surface area contributed by atoms with Gasteiger partial charge in [0.1, 0.15) is 12.4 Å². The van der Waals surface area contributed by atoms with Crippen LogP contribution in [-0.2, 0) is 17.8 Å². The number of hydrogen-bond acceptors (Lipinski definition) is 4. The van der Waals surface area contributed by atoms with Crippen LogP contribution in [0.5, 0.6) is 5.75 Å². The monoisotopic (exact) mass is 413 g/mol. The molecule has 3 N–H and O–H groups in total. The van der Waals surface area contributed by atoms with E-state index in [2.05, 4.69) is 10.2 Å². The van der Waals surface area contributed by atoms with Crippen LogP contribution in [0.3, 0.4) is 0 Å². The fourth-order valence-corrected chi connectivity index (χ4v) is 2.33. The summed E-state index contributed by atoms with van der Waals surface area (Å²) in [5.41, 5.74) is 8.05. The van der Waals surface area contributed by atoms with Crippen LogP contribution in [-0.4, -0.2) is 44.1 Å². The molecule has 0 spiro atoms. The number of carbonyl (C=O) groups is 1. The summed E-state index contributed by atoms with van der Waals surface area (Å²) in [5, 5.41) is 2.89. The van der Waals surface area contributed by atoms with Crippen LogP contribution in [0.1, 0.15) is 11.1 Å². The Hall–Kier alpha value is -1.79. The van der Waals surface area contributed by atoms with Gasteiger partial charge in [0.25, 0.3) is 0 Å². The molecule has 5 nitrogen and oxygen atoms in total. The van der Waals surface area contributed by atoms with Crippen molar-refractivity contribution in [2.45, 2.75) is 19.0 Å². The summed E-state index contributed by atoms with van der Waals surface area (Å²) >= 11 is 0. The average Bonchev–Trinajstić information content (AvgIpc) is 2.61. The summed E-state index contributed by atoms with van der Waals surface area (Å²) in [6.45, 7) is 1.98. The van der Waals surface area contributed by atoms with Gasteiger partial charge in [0.15, 0.2) is 0 Å². The number of amides is 1. The molecule has 2 rings (SSSR count). The number of carbonyl (C=O) groups excluding carboxylic acids is 1. The molecule has 0 bridgehead atoms. The molecule has 1 atom stereocenters. The fourth-order valence-electron chi connectivity index (χ4n) is 2.33. The van der Waals surface area contributed by atoms with Crippen LogP contribution < -0.4 is 15.8 Å². The highest BCUT2D eigenvalue weighted by Gasteiger charge is 2.13. The van der Waals surface area contributed by atoms with E-state index >= 15 is 0 Å². The molecule has 0 saturated heterocycles. The van der Waals surface area contributed by atoms with Gasteiger partial charge in [-0.1, -0.05) is 42.5 Å². The van der Waals surface area contributed by atoms with E-state index in [4.69, 9.17) is 10.5 Å².